The molecule has 0 N–H and O–H groups in total. The van der Waals surface area contributed by atoms with Crippen LogP contribution in [-0.4, -0.2) is 13.1 Å². The van der Waals surface area contributed by atoms with E-state index < -0.39 is 0 Å². The van der Waals surface area contributed by atoms with E-state index in [0.717, 1.165) is 19.3 Å². The number of carbonyl (C=O) groups is 1. The molecule has 1 atom stereocenters. The van der Waals surface area contributed by atoms with Gasteiger partial charge < -0.3 is 4.74 Å². The number of hydrogen-bond donors (Lipinski definition) is 0. The number of methoxy groups -OCH3 is 1. The summed E-state index contributed by atoms with van der Waals surface area (Å²) < 4.78 is 6.07. The maximum absolute atomic E-state index is 11.5. The molecular weight excluding hydrogens is 303 g/mol. The molecule has 1 aromatic carbocycles. The van der Waals surface area contributed by atoms with Crippen LogP contribution in [0.2, 0.25) is 0 Å². The number of esters is 1. The van der Waals surface area contributed by atoms with E-state index in [1.165, 1.54) is 21.8 Å². The lowest BCUT2D eigenvalue weighted by molar-refractivity contribution is -0.145. The molecule has 80 valence electrons. The predicted octanol–water partition coefficient (Wildman–Crippen LogP) is 2.57. The first-order valence-corrected chi connectivity index (χ1v) is 6.14. The van der Waals surface area contributed by atoms with Crippen LogP contribution in [0.25, 0.3) is 0 Å². The van der Waals surface area contributed by atoms with Crippen molar-refractivity contribution < 1.29 is 9.53 Å². The second-order valence-corrected chi connectivity index (χ2v) is 5.00. The number of hydrogen-bond acceptors (Lipinski definition) is 2. The molecule has 1 unspecified atom stereocenters. The van der Waals surface area contributed by atoms with E-state index in [9.17, 15) is 4.79 Å². The van der Waals surface area contributed by atoms with Gasteiger partial charge >= 0.3 is 5.97 Å². The van der Waals surface area contributed by atoms with Gasteiger partial charge in [0.25, 0.3) is 0 Å². The number of halogens is 1. The second-order valence-electron chi connectivity index (χ2n) is 3.84. The highest BCUT2D eigenvalue weighted by molar-refractivity contribution is 14.1. The number of carbonyl (C=O) groups excluding carboxylic acids is 1. The minimum absolute atomic E-state index is 0.0541. The van der Waals surface area contributed by atoms with Gasteiger partial charge in [-0.1, -0.05) is 12.1 Å². The van der Waals surface area contributed by atoms with Crippen LogP contribution in [0.5, 0.6) is 0 Å². The molecule has 0 radical (unpaired) electrons. The zero-order chi connectivity index (χ0) is 10.8. The van der Waals surface area contributed by atoms with Crippen LogP contribution in [0.4, 0.5) is 0 Å². The SMILES string of the molecule is COC(=O)C1CCc2cccc(I)c2C1. The molecule has 1 aliphatic carbocycles. The van der Waals surface area contributed by atoms with Crippen LogP contribution in [0, 0.1) is 9.49 Å². The number of ether oxygens (including phenoxy) is 1. The number of aryl methyl sites for hydroxylation is 1. The molecule has 2 nitrogen and oxygen atoms in total. The van der Waals surface area contributed by atoms with Crippen LogP contribution < -0.4 is 0 Å². The molecule has 0 aromatic heterocycles. The maximum Gasteiger partial charge on any atom is 0.309 e. The number of rotatable bonds is 1. The normalized spacial score (nSPS) is 19.5. The molecule has 0 saturated carbocycles. The Hall–Kier alpha value is -0.580. The minimum atomic E-state index is -0.0692. The summed E-state index contributed by atoms with van der Waals surface area (Å²) in [5.41, 5.74) is 2.72. The van der Waals surface area contributed by atoms with Crippen LogP contribution in [0.3, 0.4) is 0 Å². The summed E-state index contributed by atoms with van der Waals surface area (Å²) in [5.74, 6) is -0.0151. The summed E-state index contributed by atoms with van der Waals surface area (Å²) in [6.45, 7) is 0. The highest BCUT2D eigenvalue weighted by Gasteiger charge is 2.26. The molecular formula is C12H13IO2. The van der Waals surface area contributed by atoms with E-state index in [-0.39, 0.29) is 11.9 Å². The summed E-state index contributed by atoms with van der Waals surface area (Å²) in [4.78, 5) is 11.5. The molecule has 0 aliphatic heterocycles. The van der Waals surface area contributed by atoms with Crippen LogP contribution >= 0.6 is 22.6 Å². The largest absolute Gasteiger partial charge is 0.469 e. The van der Waals surface area contributed by atoms with Crippen LogP contribution in [0.1, 0.15) is 17.5 Å². The molecule has 0 bridgehead atoms. The Morgan fingerprint density at radius 2 is 2.33 bits per heavy atom. The van der Waals surface area contributed by atoms with Crippen molar-refractivity contribution in [2.24, 2.45) is 5.92 Å². The van der Waals surface area contributed by atoms with E-state index in [2.05, 4.69) is 40.8 Å². The van der Waals surface area contributed by atoms with Crippen molar-refractivity contribution >= 4 is 28.6 Å². The predicted molar refractivity (Wildman–Crippen MR) is 66.7 cm³/mol. The Labute approximate surface area is 103 Å². The summed E-state index contributed by atoms with van der Waals surface area (Å²) in [6, 6.07) is 6.34. The summed E-state index contributed by atoms with van der Waals surface area (Å²) in [5, 5.41) is 0. The van der Waals surface area contributed by atoms with Gasteiger partial charge in [0.2, 0.25) is 0 Å². The molecule has 1 aromatic rings. The average molecular weight is 316 g/mol. The fourth-order valence-corrected chi connectivity index (χ4v) is 2.89. The molecule has 0 saturated heterocycles. The first-order chi connectivity index (χ1) is 7.22. The average Bonchev–Trinajstić information content (AvgIpc) is 2.28. The van der Waals surface area contributed by atoms with Gasteiger partial charge in [-0.3, -0.25) is 4.79 Å². The van der Waals surface area contributed by atoms with Crippen molar-refractivity contribution in [2.45, 2.75) is 19.3 Å². The van der Waals surface area contributed by atoms with Crippen molar-refractivity contribution in [1.29, 1.82) is 0 Å². The third kappa shape index (κ3) is 2.17. The third-order valence-electron chi connectivity index (χ3n) is 2.96. The second kappa shape index (κ2) is 4.51. The first kappa shape index (κ1) is 10.9. The zero-order valence-electron chi connectivity index (χ0n) is 8.63. The van der Waals surface area contributed by atoms with Gasteiger partial charge in [-0.05, 0) is 59.0 Å². The lowest BCUT2D eigenvalue weighted by atomic mass is 9.84. The van der Waals surface area contributed by atoms with E-state index in [1.807, 2.05) is 0 Å². The quantitative estimate of drug-likeness (QED) is 0.588. The fraction of sp³-hybridized carbons (Fsp3) is 0.417. The summed E-state index contributed by atoms with van der Waals surface area (Å²) in [7, 11) is 1.47. The van der Waals surface area contributed by atoms with Crippen LogP contribution in [0.15, 0.2) is 18.2 Å². The zero-order valence-corrected chi connectivity index (χ0v) is 10.8. The molecule has 3 heteroatoms. The standard InChI is InChI=1S/C12H13IO2/c1-15-12(14)9-6-5-8-3-2-4-11(13)10(8)7-9/h2-4,9H,5-7H2,1H3. The molecule has 0 amide bonds. The van der Waals surface area contributed by atoms with Gasteiger partial charge in [0.15, 0.2) is 0 Å². The molecule has 1 aliphatic rings. The Bertz CT molecular complexity index is 387. The van der Waals surface area contributed by atoms with Crippen molar-refractivity contribution in [1.82, 2.24) is 0 Å². The molecule has 2 rings (SSSR count). The Balaban J connectivity index is 2.26. The Kier molecular flexibility index (Phi) is 3.29. The maximum atomic E-state index is 11.5. The van der Waals surface area contributed by atoms with Gasteiger partial charge in [0.05, 0.1) is 13.0 Å². The Morgan fingerprint density at radius 3 is 3.07 bits per heavy atom. The van der Waals surface area contributed by atoms with Crippen molar-refractivity contribution in [3.8, 4) is 0 Å². The van der Waals surface area contributed by atoms with Gasteiger partial charge in [-0.15, -0.1) is 0 Å². The fourth-order valence-electron chi connectivity index (χ4n) is 2.11. The van der Waals surface area contributed by atoms with E-state index in [1.54, 1.807) is 0 Å². The molecule has 0 spiro atoms. The lowest BCUT2D eigenvalue weighted by Crippen LogP contribution is -2.24. The van der Waals surface area contributed by atoms with Crippen molar-refractivity contribution in [3.05, 3.63) is 32.9 Å². The Morgan fingerprint density at radius 1 is 1.53 bits per heavy atom. The lowest BCUT2D eigenvalue weighted by Gasteiger charge is -2.23. The van der Waals surface area contributed by atoms with Crippen molar-refractivity contribution in [3.63, 3.8) is 0 Å². The molecule has 15 heavy (non-hydrogen) atoms. The molecule has 0 fully saturated rings. The van der Waals surface area contributed by atoms with Crippen LogP contribution in [-0.2, 0) is 22.4 Å². The highest BCUT2D eigenvalue weighted by atomic mass is 127. The van der Waals surface area contributed by atoms with Crippen molar-refractivity contribution in [2.75, 3.05) is 7.11 Å². The van der Waals surface area contributed by atoms with Gasteiger partial charge in [0, 0.05) is 3.57 Å². The smallest absolute Gasteiger partial charge is 0.309 e. The van der Waals surface area contributed by atoms with Gasteiger partial charge in [-0.25, -0.2) is 0 Å². The topological polar surface area (TPSA) is 26.3 Å². The van der Waals surface area contributed by atoms with E-state index >= 15 is 0 Å². The minimum Gasteiger partial charge on any atom is -0.469 e. The highest BCUT2D eigenvalue weighted by Crippen LogP contribution is 2.29. The first-order valence-electron chi connectivity index (χ1n) is 5.06. The third-order valence-corrected chi connectivity index (χ3v) is 3.97. The summed E-state index contributed by atoms with van der Waals surface area (Å²) >= 11 is 2.34. The van der Waals surface area contributed by atoms with E-state index in [0.29, 0.717) is 0 Å². The van der Waals surface area contributed by atoms with E-state index in [4.69, 9.17) is 4.74 Å². The summed E-state index contributed by atoms with van der Waals surface area (Å²) in [6.07, 6.45) is 2.74. The van der Waals surface area contributed by atoms with Gasteiger partial charge in [-0.2, -0.15) is 0 Å². The number of fused-ring (bicyclic) bond motifs is 1. The number of benzene rings is 1. The monoisotopic (exact) mass is 316 g/mol. The molecule has 0 heterocycles. The van der Waals surface area contributed by atoms with Gasteiger partial charge in [0.1, 0.15) is 0 Å².